The van der Waals surface area contributed by atoms with Gasteiger partial charge in [0.05, 0.1) is 31.6 Å². The maximum absolute atomic E-state index is 5.77. The van der Waals surface area contributed by atoms with Crippen LogP contribution in [0, 0.1) is 5.92 Å². The van der Waals surface area contributed by atoms with Gasteiger partial charge in [0, 0.05) is 5.92 Å². The van der Waals surface area contributed by atoms with Crippen LogP contribution in [-0.2, 0) is 4.74 Å². The van der Waals surface area contributed by atoms with E-state index < -0.39 is 0 Å². The molecule has 6 heteroatoms. The Morgan fingerprint density at radius 3 is 2.71 bits per heavy atom. The topological polar surface area (TPSA) is 78.8 Å². The van der Waals surface area contributed by atoms with E-state index in [9.17, 15) is 0 Å². The van der Waals surface area contributed by atoms with E-state index in [0.29, 0.717) is 11.7 Å². The Labute approximate surface area is 121 Å². The first-order valence-corrected chi connectivity index (χ1v) is 6.91. The number of hydrogen-bond donors (Lipinski definition) is 1. The molecule has 21 heavy (non-hydrogen) atoms. The number of fused-ring (bicyclic) bond motifs is 1. The minimum atomic E-state index is 0.0912. The Bertz CT molecular complexity index is 766. The van der Waals surface area contributed by atoms with E-state index in [1.807, 2.05) is 22.9 Å². The van der Waals surface area contributed by atoms with Gasteiger partial charge in [-0.2, -0.15) is 5.10 Å². The number of nitrogens with two attached hydrogens (primary N) is 1. The van der Waals surface area contributed by atoms with Gasteiger partial charge in [0.1, 0.15) is 11.3 Å². The lowest BCUT2D eigenvalue weighted by molar-refractivity contribution is -0.0508. The lowest BCUT2D eigenvalue weighted by Crippen LogP contribution is -2.37. The molecule has 6 nitrogen and oxygen atoms in total. The molecule has 0 saturated carbocycles. The summed E-state index contributed by atoms with van der Waals surface area (Å²) in [6.07, 6.45) is 3.29. The number of hydrogen-bond acceptors (Lipinski definition) is 5. The fraction of sp³-hybridized carbons (Fsp3) is 0.267. The predicted octanol–water partition coefficient (Wildman–Crippen LogP) is 1.64. The Balaban J connectivity index is 1.87. The van der Waals surface area contributed by atoms with Crippen LogP contribution in [0.5, 0.6) is 0 Å². The van der Waals surface area contributed by atoms with Crippen molar-refractivity contribution in [1.82, 2.24) is 19.7 Å². The fourth-order valence-corrected chi connectivity index (χ4v) is 2.74. The molecular weight excluding hydrogens is 266 g/mol. The van der Waals surface area contributed by atoms with Crippen LogP contribution >= 0.6 is 0 Å². The maximum Gasteiger partial charge on any atom is 0.179 e. The van der Waals surface area contributed by atoms with Crippen molar-refractivity contribution < 1.29 is 4.74 Å². The van der Waals surface area contributed by atoms with Crippen molar-refractivity contribution in [2.75, 3.05) is 18.9 Å². The normalized spacial score (nSPS) is 16.8. The minimum Gasteiger partial charge on any atom is -0.382 e. The van der Waals surface area contributed by atoms with Gasteiger partial charge in [-0.1, -0.05) is 30.3 Å². The predicted molar refractivity (Wildman–Crippen MR) is 78.6 cm³/mol. The van der Waals surface area contributed by atoms with Crippen molar-refractivity contribution in [3.8, 4) is 0 Å². The smallest absolute Gasteiger partial charge is 0.179 e. The largest absolute Gasteiger partial charge is 0.382 e. The van der Waals surface area contributed by atoms with Crippen LogP contribution in [0.25, 0.3) is 11.2 Å². The monoisotopic (exact) mass is 281 g/mol. The highest BCUT2D eigenvalue weighted by molar-refractivity contribution is 5.71. The number of anilines is 1. The summed E-state index contributed by atoms with van der Waals surface area (Å²) in [4.78, 5) is 8.68. The molecule has 2 N–H and O–H groups in total. The fourth-order valence-electron chi connectivity index (χ4n) is 2.74. The van der Waals surface area contributed by atoms with Crippen molar-refractivity contribution in [1.29, 1.82) is 0 Å². The Kier molecular flexibility index (Phi) is 2.82. The second kappa shape index (κ2) is 4.82. The maximum atomic E-state index is 5.77. The first kappa shape index (κ1) is 12.3. The van der Waals surface area contributed by atoms with E-state index >= 15 is 0 Å². The summed E-state index contributed by atoms with van der Waals surface area (Å²) in [7, 11) is 0. The molecule has 0 aliphatic carbocycles. The molecule has 1 unspecified atom stereocenters. The molecule has 1 saturated heterocycles. The highest BCUT2D eigenvalue weighted by Crippen LogP contribution is 2.33. The van der Waals surface area contributed by atoms with Crippen LogP contribution in [-0.4, -0.2) is 33.0 Å². The lowest BCUT2D eigenvalue weighted by Gasteiger charge is -2.34. The zero-order valence-corrected chi connectivity index (χ0v) is 11.4. The number of rotatable bonds is 3. The molecule has 0 amide bonds. The summed E-state index contributed by atoms with van der Waals surface area (Å²) < 4.78 is 7.29. The lowest BCUT2D eigenvalue weighted by atomic mass is 9.91. The summed E-state index contributed by atoms with van der Waals surface area (Å²) in [6, 6.07) is 10.4. The molecule has 1 aliphatic heterocycles. The van der Waals surface area contributed by atoms with E-state index in [4.69, 9.17) is 10.5 Å². The second-order valence-corrected chi connectivity index (χ2v) is 5.25. The third kappa shape index (κ3) is 2.04. The Morgan fingerprint density at radius 1 is 1.19 bits per heavy atom. The van der Waals surface area contributed by atoms with Gasteiger partial charge in [-0.3, -0.25) is 0 Å². The molecule has 0 radical (unpaired) electrons. The molecule has 2 aromatic heterocycles. The van der Waals surface area contributed by atoms with Gasteiger partial charge in [-0.15, -0.1) is 0 Å². The molecule has 3 aromatic rings. The first-order chi connectivity index (χ1) is 10.3. The van der Waals surface area contributed by atoms with Gasteiger partial charge in [0.2, 0.25) is 0 Å². The number of benzene rings is 1. The van der Waals surface area contributed by atoms with Crippen LogP contribution in [0.1, 0.15) is 11.6 Å². The molecule has 1 atom stereocenters. The van der Waals surface area contributed by atoms with Crippen molar-refractivity contribution in [3.05, 3.63) is 48.3 Å². The highest BCUT2D eigenvalue weighted by Gasteiger charge is 2.32. The molecule has 106 valence electrons. The van der Waals surface area contributed by atoms with E-state index in [1.54, 1.807) is 12.4 Å². The molecule has 1 fully saturated rings. The summed E-state index contributed by atoms with van der Waals surface area (Å²) in [5, 5.41) is 4.50. The van der Waals surface area contributed by atoms with Crippen LogP contribution in [0.4, 0.5) is 5.82 Å². The third-order valence-electron chi connectivity index (χ3n) is 3.84. The summed E-state index contributed by atoms with van der Waals surface area (Å²) in [5.41, 5.74) is 8.44. The van der Waals surface area contributed by atoms with Crippen molar-refractivity contribution in [2.24, 2.45) is 5.92 Å². The number of nitrogen functional groups attached to an aromatic ring is 1. The quantitative estimate of drug-likeness (QED) is 0.789. The molecule has 1 aliphatic rings. The average Bonchev–Trinajstić information content (AvgIpc) is 2.86. The summed E-state index contributed by atoms with van der Waals surface area (Å²) >= 11 is 0. The van der Waals surface area contributed by atoms with Gasteiger partial charge in [0.25, 0.3) is 0 Å². The first-order valence-electron chi connectivity index (χ1n) is 6.91. The average molecular weight is 281 g/mol. The van der Waals surface area contributed by atoms with E-state index in [1.165, 1.54) is 5.56 Å². The van der Waals surface area contributed by atoms with E-state index in [0.717, 1.165) is 24.4 Å². The zero-order valence-electron chi connectivity index (χ0n) is 11.4. The van der Waals surface area contributed by atoms with E-state index in [2.05, 4.69) is 27.2 Å². The SMILES string of the molecule is Nc1cnc2cnn(C(c3ccccc3)C3COC3)c2n1. The standard InChI is InChI=1S/C15H15N5O/c16-13-7-17-12-6-18-20(15(12)19-13)14(11-8-21-9-11)10-4-2-1-3-5-10/h1-7,11,14H,8-9H2,(H2,16,19). The number of nitrogens with zero attached hydrogens (tertiary/aromatic N) is 4. The molecular formula is C15H15N5O. The number of aromatic nitrogens is 4. The van der Waals surface area contributed by atoms with Crippen LogP contribution < -0.4 is 5.73 Å². The van der Waals surface area contributed by atoms with Crippen LogP contribution in [0.15, 0.2) is 42.7 Å². The van der Waals surface area contributed by atoms with Gasteiger partial charge in [-0.25, -0.2) is 14.6 Å². The zero-order chi connectivity index (χ0) is 14.2. The molecule has 0 spiro atoms. The molecule has 1 aromatic carbocycles. The second-order valence-electron chi connectivity index (χ2n) is 5.25. The summed E-state index contributed by atoms with van der Waals surface area (Å²) in [6.45, 7) is 1.47. The molecule has 0 bridgehead atoms. The van der Waals surface area contributed by atoms with Crippen LogP contribution in [0.2, 0.25) is 0 Å². The van der Waals surface area contributed by atoms with Gasteiger partial charge < -0.3 is 10.5 Å². The van der Waals surface area contributed by atoms with Crippen molar-refractivity contribution >= 4 is 17.0 Å². The molecule has 3 heterocycles. The van der Waals surface area contributed by atoms with Crippen molar-refractivity contribution in [3.63, 3.8) is 0 Å². The Morgan fingerprint density at radius 2 is 2.00 bits per heavy atom. The van der Waals surface area contributed by atoms with Gasteiger partial charge in [-0.05, 0) is 5.56 Å². The van der Waals surface area contributed by atoms with Gasteiger partial charge >= 0.3 is 0 Å². The molecule has 4 rings (SSSR count). The van der Waals surface area contributed by atoms with E-state index in [-0.39, 0.29) is 6.04 Å². The van der Waals surface area contributed by atoms with Crippen LogP contribution in [0.3, 0.4) is 0 Å². The summed E-state index contributed by atoms with van der Waals surface area (Å²) in [5.74, 6) is 0.791. The third-order valence-corrected chi connectivity index (χ3v) is 3.84. The number of ether oxygens (including phenoxy) is 1. The highest BCUT2D eigenvalue weighted by atomic mass is 16.5. The van der Waals surface area contributed by atoms with Gasteiger partial charge in [0.15, 0.2) is 5.65 Å². The minimum absolute atomic E-state index is 0.0912. The Hall–Kier alpha value is -2.47. The van der Waals surface area contributed by atoms with Crippen molar-refractivity contribution in [2.45, 2.75) is 6.04 Å².